The third-order valence-electron chi connectivity index (χ3n) is 5.05. The molecule has 1 aliphatic rings. The van der Waals surface area contributed by atoms with Crippen LogP contribution in [0, 0.1) is 0 Å². The normalized spacial score (nSPS) is 19.2. The Bertz CT molecular complexity index is 1060. The number of halogens is 6. The Morgan fingerprint density at radius 2 is 1.46 bits per heavy atom. The maximum Gasteiger partial charge on any atom is 0.573 e. The van der Waals surface area contributed by atoms with E-state index in [0.717, 1.165) is 24.3 Å². The first-order chi connectivity index (χ1) is 16.2. The van der Waals surface area contributed by atoms with Gasteiger partial charge in [-0.15, -0.1) is 13.2 Å². The van der Waals surface area contributed by atoms with E-state index in [-0.39, 0.29) is 5.56 Å². The SMILES string of the molecule is O=C(c1c(O)cc(O)c(-c2ccc(OC(F)(F)F)cc2)c1CC1O[C@@H](CO)[C@H](CO)O1)C(F)(F)F. The molecule has 0 aromatic heterocycles. The molecule has 2 aromatic carbocycles. The standard InChI is InChI=1S/C21H18F6O8/c22-20(23,24)19(32)18-11(5-16-33-14(7-28)15(8-29)34-16)17(12(30)6-13(18)31)9-1-3-10(4-2-9)35-21(25,26)27/h1-4,6,14-16,28-31H,5,7-8H2/t14-,15-/m0/s1. The lowest BCUT2D eigenvalue weighted by molar-refractivity contribution is -0.274. The summed E-state index contributed by atoms with van der Waals surface area (Å²) in [6.07, 6.45) is -14.7. The number of hydrogen-bond acceptors (Lipinski definition) is 8. The van der Waals surface area contributed by atoms with Crippen LogP contribution in [0.1, 0.15) is 15.9 Å². The molecular weight excluding hydrogens is 494 g/mol. The van der Waals surface area contributed by atoms with Crippen LogP contribution in [0.2, 0.25) is 0 Å². The number of ketones is 1. The van der Waals surface area contributed by atoms with Crippen molar-refractivity contribution in [2.75, 3.05) is 13.2 Å². The molecule has 35 heavy (non-hydrogen) atoms. The smallest absolute Gasteiger partial charge is 0.507 e. The second-order valence-electron chi connectivity index (χ2n) is 7.39. The first kappa shape index (κ1) is 26.5. The van der Waals surface area contributed by atoms with Gasteiger partial charge in [-0.05, 0) is 23.3 Å². The van der Waals surface area contributed by atoms with E-state index in [4.69, 9.17) is 9.47 Å². The number of rotatable bonds is 7. The molecular formula is C21H18F6O8. The summed E-state index contributed by atoms with van der Waals surface area (Å²) in [5, 5.41) is 39.2. The zero-order valence-electron chi connectivity index (χ0n) is 17.4. The molecule has 192 valence electrons. The van der Waals surface area contributed by atoms with Gasteiger partial charge in [0.05, 0.1) is 18.8 Å². The largest absolute Gasteiger partial charge is 0.573 e. The van der Waals surface area contributed by atoms with Crippen molar-refractivity contribution < 1.29 is 65.8 Å². The molecule has 0 amide bonds. The number of alkyl halides is 6. The van der Waals surface area contributed by atoms with Crippen molar-refractivity contribution in [3.63, 3.8) is 0 Å². The summed E-state index contributed by atoms with van der Waals surface area (Å²) in [6.45, 7) is -1.23. The van der Waals surface area contributed by atoms with Crippen molar-refractivity contribution >= 4 is 5.78 Å². The van der Waals surface area contributed by atoms with Gasteiger partial charge >= 0.3 is 12.5 Å². The number of aliphatic hydroxyl groups is 2. The van der Waals surface area contributed by atoms with Gasteiger partial charge in [0.2, 0.25) is 0 Å². The van der Waals surface area contributed by atoms with E-state index in [0.29, 0.717) is 6.07 Å². The van der Waals surface area contributed by atoms with E-state index < -0.39 is 90.4 Å². The van der Waals surface area contributed by atoms with Crippen LogP contribution in [0.5, 0.6) is 17.2 Å². The Kier molecular flexibility index (Phi) is 7.50. The van der Waals surface area contributed by atoms with E-state index in [9.17, 15) is 51.6 Å². The summed E-state index contributed by atoms with van der Waals surface area (Å²) in [5.74, 6) is -5.13. The quantitative estimate of drug-likeness (QED) is 0.330. The number of ether oxygens (including phenoxy) is 3. The second-order valence-corrected chi connectivity index (χ2v) is 7.39. The van der Waals surface area contributed by atoms with Crippen LogP contribution in [0.4, 0.5) is 26.3 Å². The molecule has 14 heteroatoms. The lowest BCUT2D eigenvalue weighted by Crippen LogP contribution is -2.29. The van der Waals surface area contributed by atoms with Gasteiger partial charge in [-0.3, -0.25) is 4.79 Å². The summed E-state index contributed by atoms with van der Waals surface area (Å²) in [4.78, 5) is 12.2. The number of hydrogen-bond donors (Lipinski definition) is 4. The molecule has 4 N–H and O–H groups in total. The Labute approximate surface area is 192 Å². The number of phenols is 2. The lowest BCUT2D eigenvalue weighted by atomic mass is 9.89. The molecule has 0 spiro atoms. The predicted octanol–water partition coefficient (Wildman–Crippen LogP) is 3.05. The average Bonchev–Trinajstić information content (AvgIpc) is 3.14. The van der Waals surface area contributed by atoms with E-state index in [1.165, 1.54) is 0 Å². The predicted molar refractivity (Wildman–Crippen MR) is 104 cm³/mol. The highest BCUT2D eigenvalue weighted by Gasteiger charge is 2.44. The van der Waals surface area contributed by atoms with Gasteiger partial charge in [0.25, 0.3) is 5.78 Å². The molecule has 0 bridgehead atoms. The molecule has 0 aliphatic carbocycles. The van der Waals surface area contributed by atoms with E-state index in [1.807, 2.05) is 0 Å². The van der Waals surface area contributed by atoms with Crippen molar-refractivity contribution in [3.05, 3.63) is 41.5 Å². The first-order valence-corrected chi connectivity index (χ1v) is 9.83. The zero-order valence-corrected chi connectivity index (χ0v) is 17.4. The van der Waals surface area contributed by atoms with Crippen molar-refractivity contribution in [3.8, 4) is 28.4 Å². The van der Waals surface area contributed by atoms with Gasteiger partial charge < -0.3 is 34.6 Å². The second kappa shape index (κ2) is 9.89. The number of carbonyl (C=O) groups is 1. The minimum absolute atomic E-state index is 0.126. The van der Waals surface area contributed by atoms with Crippen LogP contribution in [0.25, 0.3) is 11.1 Å². The van der Waals surface area contributed by atoms with Crippen LogP contribution < -0.4 is 4.74 Å². The summed E-state index contributed by atoms with van der Waals surface area (Å²) in [5.41, 5.74) is -2.37. The van der Waals surface area contributed by atoms with Gasteiger partial charge in [0.15, 0.2) is 6.29 Å². The van der Waals surface area contributed by atoms with Gasteiger partial charge in [0, 0.05) is 18.1 Å². The topological polar surface area (TPSA) is 126 Å². The molecule has 2 aromatic rings. The van der Waals surface area contributed by atoms with Crippen LogP contribution in [-0.2, 0) is 15.9 Å². The van der Waals surface area contributed by atoms with Crippen molar-refractivity contribution in [1.82, 2.24) is 0 Å². The summed E-state index contributed by atoms with van der Waals surface area (Å²) < 4.78 is 91.7. The number of Topliss-reactive ketones (excluding diaryl/α,β-unsaturated/α-hetero) is 1. The molecule has 1 aliphatic heterocycles. The summed E-state index contributed by atoms with van der Waals surface area (Å²) in [7, 11) is 0. The molecule has 0 saturated carbocycles. The minimum Gasteiger partial charge on any atom is -0.507 e. The summed E-state index contributed by atoms with van der Waals surface area (Å²) in [6, 6.07) is 4.12. The molecule has 1 fully saturated rings. The molecule has 3 rings (SSSR count). The fourth-order valence-corrected chi connectivity index (χ4v) is 3.63. The van der Waals surface area contributed by atoms with Gasteiger partial charge in [-0.1, -0.05) is 12.1 Å². The number of phenolic OH excluding ortho intramolecular Hbond substituents is 2. The molecule has 1 saturated heterocycles. The monoisotopic (exact) mass is 512 g/mol. The minimum atomic E-state index is -5.44. The fraction of sp³-hybridized carbons (Fsp3) is 0.381. The molecule has 2 atom stereocenters. The van der Waals surface area contributed by atoms with Crippen molar-refractivity contribution in [1.29, 1.82) is 0 Å². The van der Waals surface area contributed by atoms with Crippen LogP contribution >= 0.6 is 0 Å². The van der Waals surface area contributed by atoms with Gasteiger partial charge in [-0.2, -0.15) is 13.2 Å². The molecule has 0 radical (unpaired) electrons. The van der Waals surface area contributed by atoms with E-state index in [1.54, 1.807) is 0 Å². The van der Waals surface area contributed by atoms with Crippen LogP contribution in [0.15, 0.2) is 30.3 Å². The highest BCUT2D eigenvalue weighted by atomic mass is 19.4. The Morgan fingerprint density at radius 3 is 1.91 bits per heavy atom. The highest BCUT2D eigenvalue weighted by Crippen LogP contribution is 2.43. The van der Waals surface area contributed by atoms with Crippen molar-refractivity contribution in [2.45, 2.75) is 37.5 Å². The molecule has 8 nitrogen and oxygen atoms in total. The Balaban J connectivity index is 2.13. The maximum atomic E-state index is 13.3. The van der Waals surface area contributed by atoms with Crippen LogP contribution in [0.3, 0.4) is 0 Å². The van der Waals surface area contributed by atoms with Gasteiger partial charge in [0.1, 0.15) is 29.5 Å². The van der Waals surface area contributed by atoms with Crippen LogP contribution in [-0.4, -0.2) is 70.5 Å². The third kappa shape index (κ3) is 5.96. The number of benzene rings is 2. The van der Waals surface area contributed by atoms with E-state index in [2.05, 4.69) is 4.74 Å². The van der Waals surface area contributed by atoms with E-state index >= 15 is 0 Å². The first-order valence-electron chi connectivity index (χ1n) is 9.83. The Morgan fingerprint density at radius 1 is 0.914 bits per heavy atom. The maximum absolute atomic E-state index is 13.3. The summed E-state index contributed by atoms with van der Waals surface area (Å²) >= 11 is 0. The molecule has 0 unspecified atom stereocenters. The fourth-order valence-electron chi connectivity index (χ4n) is 3.63. The van der Waals surface area contributed by atoms with Gasteiger partial charge in [-0.25, -0.2) is 0 Å². The average molecular weight is 512 g/mol. The lowest BCUT2D eigenvalue weighted by Gasteiger charge is -2.21. The number of aliphatic hydroxyl groups excluding tert-OH is 2. The highest BCUT2D eigenvalue weighted by molar-refractivity contribution is 6.06. The number of aromatic hydroxyl groups is 2. The number of carbonyl (C=O) groups excluding carboxylic acids is 1. The molecule has 1 heterocycles. The van der Waals surface area contributed by atoms with Crippen molar-refractivity contribution in [2.24, 2.45) is 0 Å². The third-order valence-corrected chi connectivity index (χ3v) is 5.05. The zero-order chi connectivity index (χ0) is 26.1. The Hall–Kier alpha value is -3.07.